The Morgan fingerprint density at radius 2 is 1.55 bits per heavy atom. The van der Waals surface area contributed by atoms with Crippen molar-refractivity contribution < 1.29 is 13.9 Å². The molecule has 0 saturated carbocycles. The lowest BCUT2D eigenvalue weighted by molar-refractivity contribution is 0.425. The van der Waals surface area contributed by atoms with Gasteiger partial charge in [0.25, 0.3) is 0 Å². The highest BCUT2D eigenvalue weighted by molar-refractivity contribution is 5.85. The Balaban J connectivity index is 1.54. The molecule has 0 atom stereocenters. The van der Waals surface area contributed by atoms with Crippen LogP contribution in [0, 0.1) is 11.6 Å². The Morgan fingerprint density at radius 3 is 2.31 bits per heavy atom. The standard InChI is InChI=1S/C23H15F2N3O/c24-19-10-16(14-5-6-21-15(9-14)3-1-7-26-21)11-20(25)18(19)12-28-13-22-17(23(28)29)4-2-8-27-22/h1-11,13,29H,12H2. The first kappa shape index (κ1) is 17.3. The molecule has 0 radical (unpaired) electrons. The molecule has 5 aromatic rings. The maximum Gasteiger partial charge on any atom is 0.201 e. The highest BCUT2D eigenvalue weighted by atomic mass is 19.1. The fourth-order valence-electron chi connectivity index (χ4n) is 3.54. The van der Waals surface area contributed by atoms with Gasteiger partial charge in [0, 0.05) is 29.5 Å². The van der Waals surface area contributed by atoms with E-state index in [1.165, 1.54) is 16.7 Å². The maximum atomic E-state index is 14.8. The maximum absolute atomic E-state index is 14.8. The van der Waals surface area contributed by atoms with Crippen LogP contribution in [0.25, 0.3) is 32.9 Å². The zero-order valence-electron chi connectivity index (χ0n) is 15.2. The smallest absolute Gasteiger partial charge is 0.201 e. The fraction of sp³-hybridized carbons (Fsp3) is 0.0435. The Hall–Kier alpha value is -3.80. The molecule has 4 nitrogen and oxygen atoms in total. The molecule has 0 unspecified atom stereocenters. The average molecular weight is 387 g/mol. The number of aromatic nitrogens is 3. The van der Waals surface area contributed by atoms with Crippen LogP contribution < -0.4 is 0 Å². The van der Waals surface area contributed by atoms with Gasteiger partial charge >= 0.3 is 0 Å². The topological polar surface area (TPSA) is 50.9 Å². The molecule has 0 saturated heterocycles. The van der Waals surface area contributed by atoms with Crippen molar-refractivity contribution in [3.63, 3.8) is 0 Å². The van der Waals surface area contributed by atoms with E-state index in [-0.39, 0.29) is 18.0 Å². The second-order valence-corrected chi connectivity index (χ2v) is 6.85. The fourth-order valence-corrected chi connectivity index (χ4v) is 3.54. The van der Waals surface area contributed by atoms with Crippen molar-refractivity contribution in [3.8, 4) is 17.0 Å². The van der Waals surface area contributed by atoms with Crippen LogP contribution in [0.1, 0.15) is 5.56 Å². The number of nitrogens with zero attached hydrogens (tertiary/aromatic N) is 3. The number of rotatable bonds is 3. The molecular weight excluding hydrogens is 372 g/mol. The van der Waals surface area contributed by atoms with Gasteiger partial charge in [-0.2, -0.15) is 0 Å². The van der Waals surface area contributed by atoms with E-state index in [4.69, 9.17) is 0 Å². The van der Waals surface area contributed by atoms with E-state index < -0.39 is 11.6 Å². The van der Waals surface area contributed by atoms with E-state index in [0.29, 0.717) is 22.0 Å². The first-order chi connectivity index (χ1) is 14.1. The van der Waals surface area contributed by atoms with Gasteiger partial charge in [0.05, 0.1) is 23.0 Å². The van der Waals surface area contributed by atoms with Crippen LogP contribution in [0.3, 0.4) is 0 Å². The number of pyridine rings is 2. The SMILES string of the molecule is Oc1c2cccnc2cn1Cc1c(F)cc(-c2ccc3ncccc3c2)cc1F. The van der Waals surface area contributed by atoms with Crippen LogP contribution in [-0.4, -0.2) is 19.6 Å². The van der Waals surface area contributed by atoms with Crippen molar-refractivity contribution in [2.45, 2.75) is 6.54 Å². The second-order valence-electron chi connectivity index (χ2n) is 6.85. The predicted octanol–water partition coefficient (Wildman–Crippen LogP) is 5.28. The van der Waals surface area contributed by atoms with Gasteiger partial charge in [-0.05, 0) is 53.6 Å². The molecule has 0 spiro atoms. The van der Waals surface area contributed by atoms with E-state index in [1.807, 2.05) is 24.3 Å². The number of benzene rings is 2. The lowest BCUT2D eigenvalue weighted by Gasteiger charge is -2.11. The van der Waals surface area contributed by atoms with Gasteiger partial charge in [-0.25, -0.2) is 8.78 Å². The Kier molecular flexibility index (Phi) is 3.98. The highest BCUT2D eigenvalue weighted by Crippen LogP contribution is 2.30. The largest absolute Gasteiger partial charge is 0.494 e. The van der Waals surface area contributed by atoms with E-state index in [9.17, 15) is 13.9 Å². The van der Waals surface area contributed by atoms with Crippen LogP contribution in [-0.2, 0) is 6.54 Å². The molecule has 3 heterocycles. The number of hydrogen-bond acceptors (Lipinski definition) is 3. The van der Waals surface area contributed by atoms with Gasteiger partial charge in [0.15, 0.2) is 0 Å². The molecule has 29 heavy (non-hydrogen) atoms. The molecular formula is C23H15F2N3O. The quantitative estimate of drug-likeness (QED) is 0.458. The summed E-state index contributed by atoms with van der Waals surface area (Å²) in [6, 6.07) is 15.2. The van der Waals surface area contributed by atoms with Gasteiger partial charge in [0.2, 0.25) is 5.88 Å². The molecule has 2 aromatic carbocycles. The Bertz CT molecular complexity index is 1350. The van der Waals surface area contributed by atoms with Gasteiger partial charge in [0.1, 0.15) is 11.6 Å². The molecule has 0 bridgehead atoms. The van der Waals surface area contributed by atoms with Crippen molar-refractivity contribution in [1.82, 2.24) is 14.5 Å². The third kappa shape index (κ3) is 2.99. The molecule has 0 aliphatic carbocycles. The molecule has 6 heteroatoms. The number of fused-ring (bicyclic) bond motifs is 2. The Morgan fingerprint density at radius 1 is 0.828 bits per heavy atom. The normalized spacial score (nSPS) is 11.4. The minimum atomic E-state index is -0.670. The molecule has 0 amide bonds. The summed E-state index contributed by atoms with van der Waals surface area (Å²) in [5.74, 6) is -1.41. The molecule has 3 aromatic heterocycles. The third-order valence-corrected chi connectivity index (χ3v) is 5.04. The third-order valence-electron chi connectivity index (χ3n) is 5.04. The van der Waals surface area contributed by atoms with Gasteiger partial charge in [-0.15, -0.1) is 0 Å². The molecule has 0 aliphatic rings. The van der Waals surface area contributed by atoms with E-state index >= 15 is 0 Å². The molecule has 0 aliphatic heterocycles. The summed E-state index contributed by atoms with van der Waals surface area (Å²) in [4.78, 5) is 8.41. The molecule has 142 valence electrons. The second kappa shape index (κ2) is 6.67. The molecule has 1 N–H and O–H groups in total. The summed E-state index contributed by atoms with van der Waals surface area (Å²) in [6.45, 7) is -0.137. The number of halogens is 2. The van der Waals surface area contributed by atoms with Crippen LogP contribution in [0.2, 0.25) is 0 Å². The van der Waals surface area contributed by atoms with Gasteiger partial charge < -0.3 is 9.67 Å². The van der Waals surface area contributed by atoms with Gasteiger partial charge in [-0.3, -0.25) is 9.97 Å². The molecule has 0 fully saturated rings. The summed E-state index contributed by atoms with van der Waals surface area (Å²) in [6.07, 6.45) is 4.88. The summed E-state index contributed by atoms with van der Waals surface area (Å²) in [5.41, 5.74) is 2.41. The van der Waals surface area contributed by atoms with E-state index in [0.717, 1.165) is 10.9 Å². The summed E-state index contributed by atoms with van der Waals surface area (Å²) >= 11 is 0. The number of aromatic hydroxyl groups is 1. The van der Waals surface area contributed by atoms with Crippen LogP contribution in [0.15, 0.2) is 73.2 Å². The van der Waals surface area contributed by atoms with Crippen LogP contribution >= 0.6 is 0 Å². The minimum Gasteiger partial charge on any atom is -0.494 e. The zero-order chi connectivity index (χ0) is 20.0. The van der Waals surface area contributed by atoms with Crippen molar-refractivity contribution >= 4 is 21.8 Å². The predicted molar refractivity (Wildman–Crippen MR) is 108 cm³/mol. The summed E-state index contributed by atoms with van der Waals surface area (Å²) < 4.78 is 31.0. The minimum absolute atomic E-state index is 0.0713. The van der Waals surface area contributed by atoms with Crippen molar-refractivity contribution in [2.24, 2.45) is 0 Å². The number of hydrogen-bond donors (Lipinski definition) is 1. The lowest BCUT2D eigenvalue weighted by atomic mass is 10.0. The van der Waals surface area contributed by atoms with E-state index in [2.05, 4.69) is 9.97 Å². The van der Waals surface area contributed by atoms with Crippen molar-refractivity contribution in [1.29, 1.82) is 0 Å². The monoisotopic (exact) mass is 387 g/mol. The summed E-state index contributed by atoms with van der Waals surface area (Å²) in [7, 11) is 0. The average Bonchev–Trinajstić information content (AvgIpc) is 3.06. The van der Waals surface area contributed by atoms with Crippen molar-refractivity contribution in [2.75, 3.05) is 0 Å². The zero-order valence-corrected chi connectivity index (χ0v) is 15.2. The molecule has 5 rings (SSSR count). The van der Waals surface area contributed by atoms with Crippen LogP contribution in [0.5, 0.6) is 5.88 Å². The first-order valence-corrected chi connectivity index (χ1v) is 9.06. The van der Waals surface area contributed by atoms with E-state index in [1.54, 1.807) is 36.8 Å². The lowest BCUT2D eigenvalue weighted by Crippen LogP contribution is -2.04. The van der Waals surface area contributed by atoms with Crippen molar-refractivity contribution in [3.05, 3.63) is 90.4 Å². The first-order valence-electron chi connectivity index (χ1n) is 9.06. The Labute approximate surface area is 164 Å². The van der Waals surface area contributed by atoms with Crippen LogP contribution in [0.4, 0.5) is 8.78 Å². The van der Waals surface area contributed by atoms with Gasteiger partial charge in [-0.1, -0.05) is 12.1 Å². The highest BCUT2D eigenvalue weighted by Gasteiger charge is 2.16. The summed E-state index contributed by atoms with van der Waals surface area (Å²) in [5, 5.41) is 11.8.